The minimum atomic E-state index is -4.72. The third kappa shape index (κ3) is 3.23. The highest BCUT2D eigenvalue weighted by Gasteiger charge is 2.37. The number of nitrogens with zero attached hydrogens (tertiary/aromatic N) is 3. The fourth-order valence-corrected chi connectivity index (χ4v) is 2.85. The van der Waals surface area contributed by atoms with Crippen molar-refractivity contribution in [3.8, 4) is 0 Å². The van der Waals surface area contributed by atoms with E-state index in [2.05, 4.69) is 5.10 Å². The van der Waals surface area contributed by atoms with Gasteiger partial charge in [0.25, 0.3) is 0 Å². The van der Waals surface area contributed by atoms with Crippen LogP contribution in [0.3, 0.4) is 0 Å². The molecule has 3 rings (SSSR count). The first kappa shape index (κ1) is 15.9. The fraction of sp³-hybridized carbons (Fsp3) is 0.400. The van der Waals surface area contributed by atoms with Crippen LogP contribution < -0.4 is 0 Å². The number of fused-ring (bicyclic) bond motifs is 1. The molecule has 0 saturated heterocycles. The van der Waals surface area contributed by atoms with E-state index >= 15 is 0 Å². The molecule has 1 aliphatic heterocycles. The lowest BCUT2D eigenvalue weighted by Crippen LogP contribution is -2.34. The lowest BCUT2D eigenvalue weighted by Gasteiger charge is -2.28. The van der Waals surface area contributed by atoms with Crippen LogP contribution in [0, 0.1) is 5.82 Å². The third-order valence-corrected chi connectivity index (χ3v) is 3.87. The molecule has 0 amide bonds. The van der Waals surface area contributed by atoms with Crippen LogP contribution >= 0.6 is 0 Å². The second-order valence-corrected chi connectivity index (χ2v) is 5.49. The van der Waals surface area contributed by atoms with Crippen LogP contribution in [0.4, 0.5) is 17.6 Å². The summed E-state index contributed by atoms with van der Waals surface area (Å²) in [5.41, 5.74) is 0.0804. The number of alkyl halides is 3. The van der Waals surface area contributed by atoms with Crippen LogP contribution in [0.25, 0.3) is 0 Å². The van der Waals surface area contributed by atoms with Crippen molar-refractivity contribution >= 4 is 0 Å². The fourth-order valence-electron chi connectivity index (χ4n) is 2.85. The number of aliphatic hydroxyl groups is 1. The molecule has 4 nitrogen and oxygen atoms in total. The molecular formula is C15H15F4N3O. The normalized spacial score (nSPS) is 15.7. The SMILES string of the molecule is OCc1cc2n(n1)CCN(Cc1cccc(F)c1C(F)(F)F)C2. The zero-order valence-electron chi connectivity index (χ0n) is 12.1. The Morgan fingerprint density at radius 3 is 2.70 bits per heavy atom. The second-order valence-electron chi connectivity index (χ2n) is 5.49. The molecule has 0 atom stereocenters. The van der Waals surface area contributed by atoms with Crippen molar-refractivity contribution in [1.82, 2.24) is 14.7 Å². The van der Waals surface area contributed by atoms with Crippen molar-refractivity contribution in [3.63, 3.8) is 0 Å². The van der Waals surface area contributed by atoms with E-state index in [1.807, 2.05) is 4.90 Å². The molecule has 0 radical (unpaired) electrons. The van der Waals surface area contributed by atoms with Gasteiger partial charge in [0.2, 0.25) is 0 Å². The highest BCUT2D eigenvalue weighted by molar-refractivity contribution is 5.31. The summed E-state index contributed by atoms with van der Waals surface area (Å²) in [5, 5.41) is 13.3. The molecule has 2 heterocycles. The summed E-state index contributed by atoms with van der Waals surface area (Å²) in [5.74, 6) is -1.25. The molecule has 1 aromatic heterocycles. The number of benzene rings is 1. The van der Waals surface area contributed by atoms with Gasteiger partial charge in [-0.3, -0.25) is 9.58 Å². The zero-order valence-corrected chi connectivity index (χ0v) is 12.1. The first-order valence-electron chi connectivity index (χ1n) is 7.12. The number of rotatable bonds is 3. The van der Waals surface area contributed by atoms with Crippen LogP contribution in [0.5, 0.6) is 0 Å². The quantitative estimate of drug-likeness (QED) is 0.880. The molecule has 0 bridgehead atoms. The molecule has 8 heteroatoms. The Hall–Kier alpha value is -1.93. The van der Waals surface area contributed by atoms with Crippen molar-refractivity contribution in [2.45, 2.75) is 32.4 Å². The van der Waals surface area contributed by atoms with Crippen LogP contribution in [0.2, 0.25) is 0 Å². The zero-order chi connectivity index (χ0) is 16.6. The predicted octanol–water partition coefficient (Wildman–Crippen LogP) is 2.55. The van der Waals surface area contributed by atoms with E-state index in [4.69, 9.17) is 5.11 Å². The minimum absolute atomic E-state index is 0.00619. The standard InChI is InChI=1S/C15H15F4N3O/c16-13-3-1-2-10(14(13)15(17,18)19)7-21-4-5-22-12(8-21)6-11(9-23)20-22/h1-3,6,23H,4-5,7-9H2. The summed E-state index contributed by atoms with van der Waals surface area (Å²) < 4.78 is 54.5. The average Bonchev–Trinajstić information content (AvgIpc) is 2.88. The Balaban J connectivity index is 1.82. The van der Waals surface area contributed by atoms with Gasteiger partial charge in [-0.2, -0.15) is 18.3 Å². The van der Waals surface area contributed by atoms with Gasteiger partial charge >= 0.3 is 6.18 Å². The van der Waals surface area contributed by atoms with Gasteiger partial charge in [0.05, 0.1) is 30.1 Å². The molecule has 0 spiro atoms. The van der Waals surface area contributed by atoms with Gasteiger partial charge in [0, 0.05) is 19.6 Å². The molecule has 2 aromatic rings. The smallest absolute Gasteiger partial charge is 0.390 e. The molecule has 1 aliphatic rings. The monoisotopic (exact) mass is 329 g/mol. The molecule has 0 unspecified atom stereocenters. The Morgan fingerprint density at radius 2 is 2.00 bits per heavy atom. The largest absolute Gasteiger partial charge is 0.419 e. The van der Waals surface area contributed by atoms with E-state index in [9.17, 15) is 17.6 Å². The molecule has 0 saturated carbocycles. The van der Waals surface area contributed by atoms with Crippen LogP contribution in [0.1, 0.15) is 22.5 Å². The van der Waals surface area contributed by atoms with Gasteiger partial charge in [0.15, 0.2) is 0 Å². The molecule has 0 fully saturated rings. The predicted molar refractivity (Wildman–Crippen MR) is 73.7 cm³/mol. The maximum absolute atomic E-state index is 13.6. The van der Waals surface area contributed by atoms with E-state index in [1.54, 1.807) is 10.7 Å². The first-order chi connectivity index (χ1) is 10.9. The summed E-state index contributed by atoms with van der Waals surface area (Å²) in [6.07, 6.45) is -4.72. The van der Waals surface area contributed by atoms with Gasteiger partial charge in [0.1, 0.15) is 5.82 Å². The Bertz CT molecular complexity index is 711. The van der Waals surface area contributed by atoms with Crippen LogP contribution in [0.15, 0.2) is 24.3 Å². The number of hydrogen-bond acceptors (Lipinski definition) is 3. The van der Waals surface area contributed by atoms with E-state index in [0.29, 0.717) is 25.3 Å². The Labute approximate surface area is 129 Å². The van der Waals surface area contributed by atoms with Crippen LogP contribution in [-0.4, -0.2) is 26.3 Å². The van der Waals surface area contributed by atoms with E-state index < -0.39 is 17.6 Å². The highest BCUT2D eigenvalue weighted by Crippen LogP contribution is 2.34. The van der Waals surface area contributed by atoms with Gasteiger partial charge in [-0.1, -0.05) is 12.1 Å². The van der Waals surface area contributed by atoms with E-state index in [1.165, 1.54) is 12.1 Å². The molecule has 0 aliphatic carbocycles. The summed E-state index contributed by atoms with van der Waals surface area (Å²) in [4.78, 5) is 1.81. The van der Waals surface area contributed by atoms with Crippen LogP contribution in [-0.2, 0) is 32.4 Å². The average molecular weight is 329 g/mol. The molecular weight excluding hydrogens is 314 g/mol. The number of hydrogen-bond donors (Lipinski definition) is 1. The van der Waals surface area contributed by atoms with Gasteiger partial charge in [-0.15, -0.1) is 0 Å². The third-order valence-electron chi connectivity index (χ3n) is 3.87. The van der Waals surface area contributed by atoms with E-state index in [-0.39, 0.29) is 18.7 Å². The first-order valence-corrected chi connectivity index (χ1v) is 7.12. The summed E-state index contributed by atoms with van der Waals surface area (Å²) in [6, 6.07) is 5.14. The maximum atomic E-state index is 13.6. The molecule has 23 heavy (non-hydrogen) atoms. The highest BCUT2D eigenvalue weighted by atomic mass is 19.4. The van der Waals surface area contributed by atoms with Crippen molar-refractivity contribution in [1.29, 1.82) is 0 Å². The number of halogens is 4. The number of aliphatic hydroxyl groups excluding tert-OH is 1. The summed E-state index contributed by atoms with van der Waals surface area (Å²) >= 11 is 0. The topological polar surface area (TPSA) is 41.3 Å². The molecule has 1 aromatic carbocycles. The lowest BCUT2D eigenvalue weighted by atomic mass is 10.1. The van der Waals surface area contributed by atoms with Crippen molar-refractivity contribution in [3.05, 3.63) is 52.6 Å². The maximum Gasteiger partial charge on any atom is 0.419 e. The van der Waals surface area contributed by atoms with Crippen molar-refractivity contribution in [2.75, 3.05) is 6.54 Å². The van der Waals surface area contributed by atoms with Gasteiger partial charge in [-0.25, -0.2) is 4.39 Å². The summed E-state index contributed by atoms with van der Waals surface area (Å²) in [6.45, 7) is 1.26. The molecule has 124 valence electrons. The second kappa shape index (κ2) is 5.93. The van der Waals surface area contributed by atoms with Crippen molar-refractivity contribution in [2.24, 2.45) is 0 Å². The minimum Gasteiger partial charge on any atom is -0.390 e. The lowest BCUT2D eigenvalue weighted by molar-refractivity contribution is -0.140. The van der Waals surface area contributed by atoms with Gasteiger partial charge < -0.3 is 5.11 Å². The van der Waals surface area contributed by atoms with Gasteiger partial charge in [-0.05, 0) is 17.7 Å². The van der Waals surface area contributed by atoms with Crippen molar-refractivity contribution < 1.29 is 22.7 Å². The Morgan fingerprint density at radius 1 is 1.22 bits per heavy atom. The Kier molecular flexibility index (Phi) is 4.11. The van der Waals surface area contributed by atoms with E-state index in [0.717, 1.165) is 11.8 Å². The molecule has 1 N–H and O–H groups in total. The number of aromatic nitrogens is 2. The summed E-state index contributed by atoms with van der Waals surface area (Å²) in [7, 11) is 0.